The molecule has 0 bridgehead atoms. The summed E-state index contributed by atoms with van der Waals surface area (Å²) in [5.74, 6) is 2.13. The van der Waals surface area contributed by atoms with Crippen LogP contribution in [0.5, 0.6) is 11.5 Å². The first-order valence-electron chi connectivity index (χ1n) is 7.68. The van der Waals surface area contributed by atoms with Crippen LogP contribution >= 0.6 is 0 Å². The lowest BCUT2D eigenvalue weighted by Crippen LogP contribution is -2.48. The lowest BCUT2D eigenvalue weighted by atomic mass is 9.86. The van der Waals surface area contributed by atoms with Gasteiger partial charge in [-0.1, -0.05) is 6.07 Å². The van der Waals surface area contributed by atoms with Gasteiger partial charge in [0.25, 0.3) is 0 Å². The third-order valence-corrected chi connectivity index (χ3v) is 4.11. The van der Waals surface area contributed by atoms with Crippen LogP contribution in [0.2, 0.25) is 0 Å². The molecule has 2 N–H and O–H groups in total. The molecule has 0 aromatic heterocycles. The van der Waals surface area contributed by atoms with Crippen LogP contribution in [0, 0.1) is 0 Å². The van der Waals surface area contributed by atoms with Crippen molar-refractivity contribution in [3.05, 3.63) is 23.8 Å². The van der Waals surface area contributed by atoms with Crippen molar-refractivity contribution in [3.63, 3.8) is 0 Å². The van der Waals surface area contributed by atoms with Crippen LogP contribution in [0.1, 0.15) is 31.2 Å². The fourth-order valence-electron chi connectivity index (χ4n) is 3.03. The van der Waals surface area contributed by atoms with Gasteiger partial charge in [0.2, 0.25) is 5.91 Å². The van der Waals surface area contributed by atoms with Crippen molar-refractivity contribution in [1.82, 2.24) is 10.6 Å². The largest absolute Gasteiger partial charge is 0.486 e. The maximum atomic E-state index is 12.0. The molecule has 1 aromatic carbocycles. The van der Waals surface area contributed by atoms with E-state index in [1.807, 2.05) is 13.0 Å². The number of ether oxygens (including phenoxy) is 2. The number of piperidine rings is 1. The Bertz CT molecular complexity index is 518. The SMILES string of the molecule is CCNC(=O)C1CC(c2ccc3c(c2)OCCO3)CCN1. The summed E-state index contributed by atoms with van der Waals surface area (Å²) in [6.45, 7) is 4.69. The summed E-state index contributed by atoms with van der Waals surface area (Å²) in [5, 5.41) is 6.19. The molecule has 0 saturated carbocycles. The van der Waals surface area contributed by atoms with Gasteiger partial charge in [-0.15, -0.1) is 0 Å². The average Bonchev–Trinajstić information content (AvgIpc) is 2.55. The molecule has 5 heteroatoms. The van der Waals surface area contributed by atoms with Crippen LogP contribution in [-0.2, 0) is 4.79 Å². The minimum Gasteiger partial charge on any atom is -0.486 e. The highest BCUT2D eigenvalue weighted by Gasteiger charge is 2.28. The van der Waals surface area contributed by atoms with Crippen LogP contribution in [-0.4, -0.2) is 38.3 Å². The molecular weight excluding hydrogens is 268 g/mol. The summed E-state index contributed by atoms with van der Waals surface area (Å²) in [6.07, 6.45) is 1.86. The molecule has 21 heavy (non-hydrogen) atoms. The fraction of sp³-hybridized carbons (Fsp3) is 0.562. The van der Waals surface area contributed by atoms with E-state index in [1.165, 1.54) is 5.56 Å². The monoisotopic (exact) mass is 290 g/mol. The molecule has 3 rings (SSSR count). The summed E-state index contributed by atoms with van der Waals surface area (Å²) < 4.78 is 11.2. The molecular formula is C16H22N2O3. The number of amides is 1. The van der Waals surface area contributed by atoms with Crippen molar-refractivity contribution in [2.24, 2.45) is 0 Å². The van der Waals surface area contributed by atoms with Crippen molar-refractivity contribution in [2.45, 2.75) is 31.7 Å². The zero-order chi connectivity index (χ0) is 14.7. The van der Waals surface area contributed by atoms with E-state index >= 15 is 0 Å². The molecule has 0 aliphatic carbocycles. The molecule has 2 unspecified atom stereocenters. The van der Waals surface area contributed by atoms with Gasteiger partial charge >= 0.3 is 0 Å². The number of likely N-dealkylation sites (N-methyl/N-ethyl adjacent to an activating group) is 1. The van der Waals surface area contributed by atoms with Crippen LogP contribution in [0.25, 0.3) is 0 Å². The molecule has 1 amide bonds. The zero-order valence-electron chi connectivity index (χ0n) is 12.4. The molecule has 1 aromatic rings. The van der Waals surface area contributed by atoms with Crippen LogP contribution in [0.15, 0.2) is 18.2 Å². The third kappa shape index (κ3) is 3.13. The highest BCUT2D eigenvalue weighted by atomic mass is 16.6. The Kier molecular flexibility index (Phi) is 4.29. The maximum Gasteiger partial charge on any atom is 0.237 e. The average molecular weight is 290 g/mol. The van der Waals surface area contributed by atoms with E-state index in [9.17, 15) is 4.79 Å². The normalized spacial score (nSPS) is 24.4. The van der Waals surface area contributed by atoms with Crippen LogP contribution in [0.4, 0.5) is 0 Å². The Hall–Kier alpha value is -1.75. The summed E-state index contributed by atoms with van der Waals surface area (Å²) >= 11 is 0. The minimum absolute atomic E-state index is 0.0970. The van der Waals surface area contributed by atoms with Gasteiger partial charge in [-0.25, -0.2) is 0 Å². The number of benzene rings is 1. The van der Waals surface area contributed by atoms with E-state index in [-0.39, 0.29) is 11.9 Å². The highest BCUT2D eigenvalue weighted by Crippen LogP contribution is 2.36. The number of fused-ring (bicyclic) bond motifs is 1. The molecule has 2 aliphatic rings. The molecule has 2 atom stereocenters. The lowest BCUT2D eigenvalue weighted by Gasteiger charge is -2.30. The predicted molar refractivity (Wildman–Crippen MR) is 79.9 cm³/mol. The van der Waals surface area contributed by atoms with Gasteiger partial charge in [-0.05, 0) is 49.9 Å². The summed E-state index contributed by atoms with van der Waals surface area (Å²) in [7, 11) is 0. The highest BCUT2D eigenvalue weighted by molar-refractivity contribution is 5.81. The Morgan fingerprint density at radius 1 is 1.33 bits per heavy atom. The second kappa shape index (κ2) is 6.35. The van der Waals surface area contributed by atoms with Crippen molar-refractivity contribution in [2.75, 3.05) is 26.3 Å². The molecule has 114 valence electrons. The summed E-state index contributed by atoms with van der Waals surface area (Å²) in [6, 6.07) is 6.04. The summed E-state index contributed by atoms with van der Waals surface area (Å²) in [4.78, 5) is 12.0. The standard InChI is InChI=1S/C16H22N2O3/c1-2-17-16(19)13-9-12(5-6-18-13)11-3-4-14-15(10-11)21-8-7-20-14/h3-4,10,12-13,18H,2,5-9H2,1H3,(H,17,19). The second-order valence-electron chi connectivity index (χ2n) is 5.53. The first kappa shape index (κ1) is 14.2. The topological polar surface area (TPSA) is 59.6 Å². The number of carbonyl (C=O) groups is 1. The molecule has 0 radical (unpaired) electrons. The number of hydrogen-bond acceptors (Lipinski definition) is 4. The number of rotatable bonds is 3. The van der Waals surface area contributed by atoms with E-state index in [4.69, 9.17) is 9.47 Å². The lowest BCUT2D eigenvalue weighted by molar-refractivity contribution is -0.123. The van der Waals surface area contributed by atoms with Gasteiger partial charge in [-0.2, -0.15) is 0 Å². The number of nitrogens with one attached hydrogen (secondary N) is 2. The van der Waals surface area contributed by atoms with E-state index in [2.05, 4.69) is 22.8 Å². The van der Waals surface area contributed by atoms with Crippen molar-refractivity contribution < 1.29 is 14.3 Å². The molecule has 5 nitrogen and oxygen atoms in total. The van der Waals surface area contributed by atoms with E-state index in [0.29, 0.717) is 25.7 Å². The van der Waals surface area contributed by atoms with Crippen LogP contribution < -0.4 is 20.1 Å². The maximum absolute atomic E-state index is 12.0. The Balaban J connectivity index is 1.72. The van der Waals surface area contributed by atoms with Gasteiger partial charge in [0, 0.05) is 6.54 Å². The first-order valence-corrected chi connectivity index (χ1v) is 7.68. The number of hydrogen-bond donors (Lipinski definition) is 2. The van der Waals surface area contributed by atoms with Gasteiger partial charge in [-0.3, -0.25) is 4.79 Å². The minimum atomic E-state index is -0.100. The smallest absolute Gasteiger partial charge is 0.237 e. The van der Waals surface area contributed by atoms with Gasteiger partial charge in [0.1, 0.15) is 13.2 Å². The van der Waals surface area contributed by atoms with Crippen molar-refractivity contribution in [3.8, 4) is 11.5 Å². The molecule has 2 aliphatic heterocycles. The van der Waals surface area contributed by atoms with Crippen molar-refractivity contribution >= 4 is 5.91 Å². The van der Waals surface area contributed by atoms with Gasteiger partial charge < -0.3 is 20.1 Å². The predicted octanol–water partition coefficient (Wildman–Crippen LogP) is 1.43. The fourth-order valence-corrected chi connectivity index (χ4v) is 3.03. The second-order valence-corrected chi connectivity index (χ2v) is 5.53. The quantitative estimate of drug-likeness (QED) is 0.884. The Morgan fingerprint density at radius 2 is 2.14 bits per heavy atom. The Morgan fingerprint density at radius 3 is 2.95 bits per heavy atom. The van der Waals surface area contributed by atoms with E-state index in [0.717, 1.165) is 30.9 Å². The number of carbonyl (C=O) groups excluding carboxylic acids is 1. The van der Waals surface area contributed by atoms with Gasteiger partial charge in [0.05, 0.1) is 6.04 Å². The zero-order valence-corrected chi connectivity index (χ0v) is 12.4. The van der Waals surface area contributed by atoms with Crippen molar-refractivity contribution in [1.29, 1.82) is 0 Å². The summed E-state index contributed by atoms with van der Waals surface area (Å²) in [5.41, 5.74) is 1.23. The van der Waals surface area contributed by atoms with Crippen LogP contribution in [0.3, 0.4) is 0 Å². The molecule has 0 spiro atoms. The Labute approximate surface area is 125 Å². The third-order valence-electron chi connectivity index (χ3n) is 4.11. The van der Waals surface area contributed by atoms with Gasteiger partial charge in [0.15, 0.2) is 11.5 Å². The molecule has 1 saturated heterocycles. The first-order chi connectivity index (χ1) is 10.3. The van der Waals surface area contributed by atoms with E-state index in [1.54, 1.807) is 0 Å². The van der Waals surface area contributed by atoms with E-state index < -0.39 is 0 Å². The molecule has 1 fully saturated rings. The molecule has 2 heterocycles.